The van der Waals surface area contributed by atoms with Gasteiger partial charge < -0.3 is 13.9 Å². The summed E-state index contributed by atoms with van der Waals surface area (Å²) in [5, 5.41) is 5.90. The highest BCUT2D eigenvalue weighted by Crippen LogP contribution is 2.26. The van der Waals surface area contributed by atoms with Crippen LogP contribution < -0.4 is 10.2 Å². The maximum atomic E-state index is 12.6. The number of esters is 1. The number of hydrogen-bond donors (Lipinski definition) is 1. The van der Waals surface area contributed by atoms with Crippen LogP contribution in [0.1, 0.15) is 26.5 Å². The first kappa shape index (κ1) is 20.9. The van der Waals surface area contributed by atoms with Crippen molar-refractivity contribution in [2.45, 2.75) is 0 Å². The Hall–Kier alpha value is -4.39. The molecule has 0 saturated heterocycles. The average Bonchev–Trinajstić information content (AvgIpc) is 3.31. The largest absolute Gasteiger partial charge is 0.496 e. The zero-order valence-corrected chi connectivity index (χ0v) is 17.5. The number of carbonyl (C=O) groups is 2. The molecule has 0 aliphatic heterocycles. The van der Waals surface area contributed by atoms with E-state index in [0.717, 1.165) is 16.3 Å². The van der Waals surface area contributed by atoms with Gasteiger partial charge >= 0.3 is 5.97 Å². The smallest absolute Gasteiger partial charge is 0.337 e. The molecule has 4 rings (SSSR count). The van der Waals surface area contributed by atoms with Crippen molar-refractivity contribution in [1.82, 2.24) is 5.43 Å². The third-order valence-corrected chi connectivity index (χ3v) is 4.89. The van der Waals surface area contributed by atoms with Crippen molar-refractivity contribution in [3.63, 3.8) is 0 Å². The van der Waals surface area contributed by atoms with E-state index in [-0.39, 0.29) is 0 Å². The van der Waals surface area contributed by atoms with Crippen LogP contribution in [-0.4, -0.2) is 32.3 Å². The second-order valence-electron chi connectivity index (χ2n) is 6.87. The van der Waals surface area contributed by atoms with Crippen LogP contribution in [0.25, 0.3) is 22.1 Å². The number of ether oxygens (including phenoxy) is 2. The highest BCUT2D eigenvalue weighted by atomic mass is 16.5. The third-order valence-electron chi connectivity index (χ3n) is 4.89. The number of carbonyl (C=O) groups excluding carboxylic acids is 2. The van der Waals surface area contributed by atoms with Crippen molar-refractivity contribution in [2.75, 3.05) is 14.2 Å². The average molecular weight is 428 g/mol. The fourth-order valence-corrected chi connectivity index (χ4v) is 3.25. The van der Waals surface area contributed by atoms with Crippen LogP contribution in [0.15, 0.2) is 82.3 Å². The summed E-state index contributed by atoms with van der Waals surface area (Å²) in [6.45, 7) is 0. The molecule has 0 aliphatic carbocycles. The number of rotatable bonds is 6. The third kappa shape index (κ3) is 4.37. The van der Waals surface area contributed by atoms with Crippen molar-refractivity contribution in [3.8, 4) is 17.1 Å². The minimum Gasteiger partial charge on any atom is -0.496 e. The van der Waals surface area contributed by atoms with Crippen LogP contribution in [0.3, 0.4) is 0 Å². The molecule has 4 aromatic rings. The summed E-state index contributed by atoms with van der Waals surface area (Å²) in [7, 11) is 2.86. The Kier molecular flexibility index (Phi) is 5.98. The monoisotopic (exact) mass is 428 g/mol. The summed E-state index contributed by atoms with van der Waals surface area (Å²) in [6.07, 6.45) is 1.41. The number of amides is 1. The van der Waals surface area contributed by atoms with E-state index in [1.165, 1.54) is 20.4 Å². The second kappa shape index (κ2) is 9.18. The summed E-state index contributed by atoms with van der Waals surface area (Å²) in [5.74, 6) is 0.733. The van der Waals surface area contributed by atoms with E-state index in [2.05, 4.69) is 10.5 Å². The molecule has 0 unspecified atom stereocenters. The molecule has 0 aliphatic rings. The first-order valence-electron chi connectivity index (χ1n) is 9.78. The zero-order valence-electron chi connectivity index (χ0n) is 17.5. The number of hydrazone groups is 1. The van der Waals surface area contributed by atoms with E-state index in [4.69, 9.17) is 13.9 Å². The summed E-state index contributed by atoms with van der Waals surface area (Å²) >= 11 is 0. The van der Waals surface area contributed by atoms with Gasteiger partial charge in [-0.2, -0.15) is 5.10 Å². The predicted octanol–water partition coefficient (Wildman–Crippen LogP) is 4.66. The number of nitrogens with zero attached hydrogens (tertiary/aromatic N) is 1. The van der Waals surface area contributed by atoms with Gasteiger partial charge in [-0.05, 0) is 47.2 Å². The van der Waals surface area contributed by atoms with Crippen molar-refractivity contribution < 1.29 is 23.5 Å². The van der Waals surface area contributed by atoms with Gasteiger partial charge in [0, 0.05) is 5.56 Å². The first-order chi connectivity index (χ1) is 15.6. The lowest BCUT2D eigenvalue weighted by molar-refractivity contribution is 0.0600. The lowest BCUT2D eigenvalue weighted by atomic mass is 10.1. The minimum absolute atomic E-state index is 0.383. The predicted molar refractivity (Wildman–Crippen MR) is 121 cm³/mol. The van der Waals surface area contributed by atoms with Crippen molar-refractivity contribution in [3.05, 3.63) is 89.7 Å². The lowest BCUT2D eigenvalue weighted by Gasteiger charge is -2.09. The van der Waals surface area contributed by atoms with E-state index in [9.17, 15) is 9.59 Å². The van der Waals surface area contributed by atoms with E-state index < -0.39 is 11.9 Å². The van der Waals surface area contributed by atoms with E-state index in [0.29, 0.717) is 28.4 Å². The fraction of sp³-hybridized carbons (Fsp3) is 0.0800. The molecule has 1 heterocycles. The molecule has 0 fully saturated rings. The quantitative estimate of drug-likeness (QED) is 0.274. The Balaban J connectivity index is 1.46. The number of nitrogens with one attached hydrogen (secondary N) is 1. The number of fused-ring (bicyclic) bond motifs is 1. The molecule has 0 bridgehead atoms. The first-order valence-corrected chi connectivity index (χ1v) is 9.78. The van der Waals surface area contributed by atoms with Crippen LogP contribution in [0.2, 0.25) is 0 Å². The van der Waals surface area contributed by atoms with Crippen molar-refractivity contribution in [1.29, 1.82) is 0 Å². The fourth-order valence-electron chi connectivity index (χ4n) is 3.25. The summed E-state index contributed by atoms with van der Waals surface area (Å²) in [6, 6.07) is 21.7. The number of hydrogen-bond acceptors (Lipinski definition) is 6. The van der Waals surface area contributed by atoms with Gasteiger partial charge in [0.25, 0.3) is 5.91 Å². The number of furan rings is 1. The zero-order chi connectivity index (χ0) is 22.5. The van der Waals surface area contributed by atoms with Gasteiger partial charge in [0.2, 0.25) is 0 Å². The van der Waals surface area contributed by atoms with Crippen molar-refractivity contribution >= 4 is 28.9 Å². The van der Waals surface area contributed by atoms with Crippen LogP contribution in [0, 0.1) is 0 Å². The molecule has 0 atom stereocenters. The molecule has 160 valence electrons. The topological polar surface area (TPSA) is 90.1 Å². The van der Waals surface area contributed by atoms with Crippen LogP contribution >= 0.6 is 0 Å². The maximum Gasteiger partial charge on any atom is 0.337 e. The molecular formula is C25H20N2O5. The van der Waals surface area contributed by atoms with E-state index in [1.54, 1.807) is 42.5 Å². The Morgan fingerprint density at radius 1 is 0.938 bits per heavy atom. The molecular weight excluding hydrogens is 408 g/mol. The molecule has 0 saturated carbocycles. The summed E-state index contributed by atoms with van der Waals surface area (Å²) in [4.78, 5) is 24.2. The van der Waals surface area contributed by atoms with Crippen LogP contribution in [-0.2, 0) is 4.74 Å². The highest BCUT2D eigenvalue weighted by molar-refractivity contribution is 6.01. The molecule has 7 nitrogen and oxygen atoms in total. The molecule has 1 N–H and O–H groups in total. The second-order valence-corrected chi connectivity index (χ2v) is 6.87. The molecule has 0 spiro atoms. The number of benzene rings is 3. The Morgan fingerprint density at radius 3 is 2.34 bits per heavy atom. The maximum absolute atomic E-state index is 12.6. The Labute approximate surface area is 184 Å². The Morgan fingerprint density at radius 2 is 1.66 bits per heavy atom. The number of methoxy groups -OCH3 is 2. The molecule has 32 heavy (non-hydrogen) atoms. The Bertz CT molecular complexity index is 1310. The normalized spacial score (nSPS) is 10.9. The van der Waals surface area contributed by atoms with Gasteiger partial charge in [-0.25, -0.2) is 10.2 Å². The van der Waals surface area contributed by atoms with Gasteiger partial charge in [-0.15, -0.1) is 0 Å². The highest BCUT2D eigenvalue weighted by Gasteiger charge is 2.13. The molecule has 0 radical (unpaired) electrons. The van der Waals surface area contributed by atoms with E-state index in [1.807, 2.05) is 30.3 Å². The van der Waals surface area contributed by atoms with Gasteiger partial charge in [0.15, 0.2) is 0 Å². The molecule has 1 amide bonds. The summed E-state index contributed by atoms with van der Waals surface area (Å²) < 4.78 is 15.8. The van der Waals surface area contributed by atoms with Gasteiger partial charge in [-0.1, -0.05) is 36.4 Å². The van der Waals surface area contributed by atoms with Gasteiger partial charge in [-0.3, -0.25) is 4.79 Å². The van der Waals surface area contributed by atoms with Crippen LogP contribution in [0.4, 0.5) is 0 Å². The SMILES string of the molecule is COC(=O)c1ccc(-c2ccc(C=NNC(=O)c3cc4ccccc4cc3OC)o2)cc1. The van der Waals surface area contributed by atoms with Gasteiger partial charge in [0.05, 0.1) is 31.6 Å². The molecule has 7 heteroatoms. The summed E-state index contributed by atoms with van der Waals surface area (Å²) in [5.41, 5.74) is 4.13. The van der Waals surface area contributed by atoms with Gasteiger partial charge in [0.1, 0.15) is 17.3 Å². The van der Waals surface area contributed by atoms with Crippen molar-refractivity contribution in [2.24, 2.45) is 5.10 Å². The minimum atomic E-state index is -0.400. The van der Waals surface area contributed by atoms with E-state index >= 15 is 0 Å². The molecule has 1 aromatic heterocycles. The lowest BCUT2D eigenvalue weighted by Crippen LogP contribution is -2.18. The molecule has 3 aromatic carbocycles. The van der Waals surface area contributed by atoms with Crippen LogP contribution in [0.5, 0.6) is 5.75 Å². The standard InChI is InChI=1S/C25H20N2O5/c1-30-23-14-19-6-4-3-5-18(19)13-21(23)24(28)27-26-15-20-11-12-22(32-20)16-7-9-17(10-8-16)25(29)31-2/h3-15H,1-2H3,(H,27,28).